The molecule has 7 heteroatoms. The minimum absolute atomic E-state index is 0.264. The Balaban J connectivity index is 2.12. The molecule has 0 saturated carbocycles. The van der Waals surface area contributed by atoms with Crippen LogP contribution in [0.3, 0.4) is 0 Å². The fraction of sp³-hybridized carbons (Fsp3) is 0.125. The van der Waals surface area contributed by atoms with Gasteiger partial charge in [-0.15, -0.1) is 0 Å². The smallest absolute Gasteiger partial charge is 0.280 e. The van der Waals surface area contributed by atoms with Crippen LogP contribution in [0.5, 0.6) is 0 Å². The SMILES string of the molecule is O=c1[nH]ncc(NCc2ncc[nH]2)c1Br. The number of aromatic nitrogens is 4. The summed E-state index contributed by atoms with van der Waals surface area (Å²) in [6, 6.07) is 0. The van der Waals surface area contributed by atoms with Gasteiger partial charge in [-0.25, -0.2) is 10.1 Å². The number of hydrogen-bond donors (Lipinski definition) is 3. The summed E-state index contributed by atoms with van der Waals surface area (Å²) >= 11 is 3.17. The molecule has 0 unspecified atom stereocenters. The first-order valence-electron chi connectivity index (χ1n) is 4.22. The summed E-state index contributed by atoms with van der Waals surface area (Å²) in [7, 11) is 0. The van der Waals surface area contributed by atoms with E-state index in [4.69, 9.17) is 0 Å². The van der Waals surface area contributed by atoms with E-state index in [0.717, 1.165) is 5.82 Å². The predicted octanol–water partition coefficient (Wildman–Crippen LogP) is 0.868. The third-order valence-electron chi connectivity index (χ3n) is 1.80. The van der Waals surface area contributed by atoms with Crippen molar-refractivity contribution in [2.45, 2.75) is 6.54 Å². The van der Waals surface area contributed by atoms with Gasteiger partial charge >= 0.3 is 0 Å². The molecule has 0 atom stereocenters. The number of rotatable bonds is 3. The Hall–Kier alpha value is -1.63. The van der Waals surface area contributed by atoms with Crippen LogP contribution >= 0.6 is 15.9 Å². The minimum atomic E-state index is -0.264. The van der Waals surface area contributed by atoms with Gasteiger partial charge in [0.1, 0.15) is 10.3 Å². The lowest BCUT2D eigenvalue weighted by Crippen LogP contribution is -2.12. The van der Waals surface area contributed by atoms with Crippen LogP contribution in [-0.4, -0.2) is 20.2 Å². The number of nitrogens with zero attached hydrogens (tertiary/aromatic N) is 2. The average molecular weight is 270 g/mol. The van der Waals surface area contributed by atoms with Gasteiger partial charge in [-0.3, -0.25) is 4.79 Å². The highest BCUT2D eigenvalue weighted by atomic mass is 79.9. The van der Waals surface area contributed by atoms with Crippen molar-refractivity contribution < 1.29 is 0 Å². The lowest BCUT2D eigenvalue weighted by molar-refractivity contribution is 0.953. The van der Waals surface area contributed by atoms with Crippen LogP contribution in [0, 0.1) is 0 Å². The molecule has 0 aliphatic rings. The largest absolute Gasteiger partial charge is 0.375 e. The van der Waals surface area contributed by atoms with E-state index in [-0.39, 0.29) is 5.56 Å². The zero-order valence-corrected chi connectivity index (χ0v) is 9.21. The van der Waals surface area contributed by atoms with E-state index in [9.17, 15) is 4.79 Å². The molecule has 15 heavy (non-hydrogen) atoms. The van der Waals surface area contributed by atoms with Crippen LogP contribution in [0.25, 0.3) is 0 Å². The summed E-state index contributed by atoms with van der Waals surface area (Å²) in [6.45, 7) is 0.511. The molecule has 2 aromatic rings. The summed E-state index contributed by atoms with van der Waals surface area (Å²) < 4.78 is 0.434. The van der Waals surface area contributed by atoms with Gasteiger partial charge in [0.2, 0.25) is 0 Å². The second-order valence-electron chi connectivity index (χ2n) is 2.82. The van der Waals surface area contributed by atoms with Gasteiger partial charge in [0.25, 0.3) is 5.56 Å². The van der Waals surface area contributed by atoms with Crippen LogP contribution in [0.2, 0.25) is 0 Å². The Labute approximate surface area is 93.3 Å². The van der Waals surface area contributed by atoms with Crippen LogP contribution in [0.4, 0.5) is 5.69 Å². The highest BCUT2D eigenvalue weighted by Gasteiger charge is 2.03. The zero-order valence-electron chi connectivity index (χ0n) is 7.62. The van der Waals surface area contributed by atoms with Gasteiger partial charge in [-0.1, -0.05) is 0 Å². The molecule has 0 fully saturated rings. The van der Waals surface area contributed by atoms with Crippen molar-refractivity contribution in [1.82, 2.24) is 20.2 Å². The number of anilines is 1. The molecule has 0 saturated heterocycles. The van der Waals surface area contributed by atoms with Gasteiger partial charge in [0.05, 0.1) is 18.4 Å². The molecule has 3 N–H and O–H groups in total. The second kappa shape index (κ2) is 4.26. The van der Waals surface area contributed by atoms with Crippen LogP contribution in [-0.2, 0) is 6.54 Å². The summed E-state index contributed by atoms with van der Waals surface area (Å²) in [4.78, 5) is 18.2. The average Bonchev–Trinajstić information content (AvgIpc) is 2.73. The standard InChI is InChI=1S/C8H8BrN5O/c9-7-5(3-13-14-8(7)15)12-4-6-10-1-2-11-6/h1-3H,4H2,(H,10,11)(H2,12,14,15). The fourth-order valence-electron chi connectivity index (χ4n) is 1.08. The third kappa shape index (κ3) is 2.24. The number of halogens is 1. The van der Waals surface area contributed by atoms with Crippen molar-refractivity contribution in [3.05, 3.63) is 39.2 Å². The van der Waals surface area contributed by atoms with E-state index in [0.29, 0.717) is 16.7 Å². The summed E-state index contributed by atoms with van der Waals surface area (Å²) in [5.74, 6) is 0.794. The number of aromatic amines is 2. The maximum absolute atomic E-state index is 11.2. The maximum Gasteiger partial charge on any atom is 0.280 e. The molecule has 6 nitrogen and oxygen atoms in total. The molecule has 0 radical (unpaired) electrons. The lowest BCUT2D eigenvalue weighted by atomic mass is 10.4. The molecule has 0 aliphatic carbocycles. The monoisotopic (exact) mass is 269 g/mol. The van der Waals surface area contributed by atoms with Crippen LogP contribution in [0.1, 0.15) is 5.82 Å². The van der Waals surface area contributed by atoms with E-state index < -0.39 is 0 Å². The first kappa shape index (κ1) is 9.91. The first-order chi connectivity index (χ1) is 7.27. The van der Waals surface area contributed by atoms with Gasteiger partial charge in [0.15, 0.2) is 0 Å². The van der Waals surface area contributed by atoms with Gasteiger partial charge < -0.3 is 10.3 Å². The van der Waals surface area contributed by atoms with Crippen molar-refractivity contribution in [1.29, 1.82) is 0 Å². The first-order valence-corrected chi connectivity index (χ1v) is 5.02. The second-order valence-corrected chi connectivity index (χ2v) is 3.61. The normalized spacial score (nSPS) is 10.2. The molecule has 0 bridgehead atoms. The number of hydrogen-bond acceptors (Lipinski definition) is 4. The zero-order chi connectivity index (χ0) is 10.7. The lowest BCUT2D eigenvalue weighted by Gasteiger charge is -2.04. The predicted molar refractivity (Wildman–Crippen MR) is 58.5 cm³/mol. The number of imidazole rings is 1. The minimum Gasteiger partial charge on any atom is -0.375 e. The molecule has 2 rings (SSSR count). The van der Waals surface area contributed by atoms with E-state index >= 15 is 0 Å². The van der Waals surface area contributed by atoms with Crippen molar-refractivity contribution in [2.24, 2.45) is 0 Å². The quantitative estimate of drug-likeness (QED) is 0.772. The molecular weight excluding hydrogens is 262 g/mol. The number of nitrogens with one attached hydrogen (secondary N) is 3. The van der Waals surface area contributed by atoms with Crippen molar-refractivity contribution in [2.75, 3.05) is 5.32 Å². The Bertz CT molecular complexity index is 492. The molecule has 0 amide bonds. The van der Waals surface area contributed by atoms with Crippen molar-refractivity contribution >= 4 is 21.6 Å². The van der Waals surface area contributed by atoms with Gasteiger partial charge in [-0.2, -0.15) is 5.10 Å². The Morgan fingerprint density at radius 1 is 1.53 bits per heavy atom. The van der Waals surface area contributed by atoms with Gasteiger partial charge in [-0.05, 0) is 15.9 Å². The van der Waals surface area contributed by atoms with Gasteiger partial charge in [0, 0.05) is 12.4 Å². The van der Waals surface area contributed by atoms with E-state index in [2.05, 4.69) is 41.4 Å². The Morgan fingerprint density at radius 3 is 3.13 bits per heavy atom. The van der Waals surface area contributed by atoms with Crippen LogP contribution < -0.4 is 10.9 Å². The number of H-pyrrole nitrogens is 2. The van der Waals surface area contributed by atoms with Crippen LogP contribution in [0.15, 0.2) is 27.9 Å². The van der Waals surface area contributed by atoms with Crippen molar-refractivity contribution in [3.63, 3.8) is 0 Å². The molecule has 0 spiro atoms. The Morgan fingerprint density at radius 2 is 2.40 bits per heavy atom. The van der Waals surface area contributed by atoms with E-state index in [1.807, 2.05) is 0 Å². The topological polar surface area (TPSA) is 86.5 Å². The summed E-state index contributed by atoms with van der Waals surface area (Å²) in [6.07, 6.45) is 4.94. The fourth-order valence-corrected chi connectivity index (χ4v) is 1.41. The molecule has 78 valence electrons. The molecule has 2 heterocycles. The molecule has 2 aromatic heterocycles. The Kier molecular flexibility index (Phi) is 2.82. The van der Waals surface area contributed by atoms with E-state index in [1.54, 1.807) is 12.4 Å². The molecular formula is C8H8BrN5O. The summed E-state index contributed by atoms with van der Waals surface area (Å²) in [5.41, 5.74) is 0.370. The molecule has 0 aliphatic heterocycles. The maximum atomic E-state index is 11.2. The molecule has 0 aromatic carbocycles. The summed E-state index contributed by atoms with van der Waals surface area (Å²) in [5, 5.41) is 9.03. The third-order valence-corrected chi connectivity index (χ3v) is 2.58. The van der Waals surface area contributed by atoms with E-state index in [1.165, 1.54) is 6.20 Å². The van der Waals surface area contributed by atoms with Crippen molar-refractivity contribution in [3.8, 4) is 0 Å². The highest BCUT2D eigenvalue weighted by molar-refractivity contribution is 9.10. The highest BCUT2D eigenvalue weighted by Crippen LogP contribution is 2.15.